The van der Waals surface area contributed by atoms with Crippen LogP contribution in [0.1, 0.15) is 35.6 Å². The Labute approximate surface area is 232 Å². The second kappa shape index (κ2) is 14.0. The SMILES string of the molecule is CN(C(=O)Cc1cc(C(F)(F)F)ccc1N(SC(=O)O)SC(=O)O)[C@H](CN1CCCC1)c1ccccc1.Cl. The van der Waals surface area contributed by atoms with Gasteiger partial charge in [-0.15, -0.1) is 12.4 Å². The van der Waals surface area contributed by atoms with Crippen LogP contribution in [-0.2, 0) is 17.4 Å². The van der Waals surface area contributed by atoms with Crippen molar-refractivity contribution >= 4 is 58.5 Å². The summed E-state index contributed by atoms with van der Waals surface area (Å²) in [7, 11) is 1.58. The number of likely N-dealkylation sites (tertiary alicyclic amines) is 1. The molecule has 1 aliphatic heterocycles. The van der Waals surface area contributed by atoms with Crippen molar-refractivity contribution in [3.8, 4) is 0 Å². The number of rotatable bonds is 9. The van der Waals surface area contributed by atoms with Gasteiger partial charge in [0.15, 0.2) is 0 Å². The topological polar surface area (TPSA) is 101 Å². The summed E-state index contributed by atoms with van der Waals surface area (Å²) < 4.78 is 41.2. The van der Waals surface area contributed by atoms with Gasteiger partial charge in [-0.25, -0.2) is 13.3 Å². The highest BCUT2D eigenvalue weighted by Crippen LogP contribution is 2.38. The molecule has 0 bridgehead atoms. The molecule has 1 fully saturated rings. The highest BCUT2D eigenvalue weighted by molar-refractivity contribution is 8.30. The highest BCUT2D eigenvalue weighted by Gasteiger charge is 2.33. The van der Waals surface area contributed by atoms with Crippen LogP contribution in [0.4, 0.5) is 28.4 Å². The molecule has 1 atom stereocenters. The number of carboxylic acid groups (broad SMARTS) is 2. The smallest absolute Gasteiger partial charge is 0.416 e. The predicted octanol–water partition coefficient (Wildman–Crippen LogP) is 6.42. The number of carbonyl (C=O) groups is 3. The van der Waals surface area contributed by atoms with Crippen molar-refractivity contribution in [3.05, 3.63) is 65.2 Å². The average Bonchev–Trinajstić information content (AvgIpc) is 3.34. The summed E-state index contributed by atoms with van der Waals surface area (Å²) in [5.41, 5.74) is -0.412. The number of hydrogen-bond donors (Lipinski definition) is 2. The first kappa shape index (κ1) is 31.6. The maximum Gasteiger partial charge on any atom is 0.416 e. The van der Waals surface area contributed by atoms with Crippen molar-refractivity contribution in [2.45, 2.75) is 31.5 Å². The first-order valence-corrected chi connectivity index (χ1v) is 12.9. The maximum absolute atomic E-state index is 13.5. The summed E-state index contributed by atoms with van der Waals surface area (Å²) in [5.74, 6) is -0.491. The van der Waals surface area contributed by atoms with Crippen LogP contribution in [0, 0.1) is 0 Å². The summed E-state index contributed by atoms with van der Waals surface area (Å²) in [6.45, 7) is 2.32. The summed E-state index contributed by atoms with van der Waals surface area (Å²) >= 11 is 0.176. The van der Waals surface area contributed by atoms with Gasteiger partial charge in [0, 0.05) is 13.6 Å². The fraction of sp³-hybridized carbons (Fsp3) is 0.375. The van der Waals surface area contributed by atoms with Crippen molar-refractivity contribution in [3.63, 3.8) is 0 Å². The number of nitrogens with zero attached hydrogens (tertiary/aromatic N) is 3. The van der Waals surface area contributed by atoms with E-state index in [1.165, 1.54) is 4.90 Å². The Morgan fingerprint density at radius 3 is 2.11 bits per heavy atom. The van der Waals surface area contributed by atoms with E-state index in [1.54, 1.807) is 7.05 Å². The monoisotopic (exact) mass is 593 g/mol. The molecule has 2 aromatic carbocycles. The van der Waals surface area contributed by atoms with Gasteiger partial charge >= 0.3 is 16.8 Å². The summed E-state index contributed by atoms with van der Waals surface area (Å²) in [5, 5.41) is 15.5. The molecule has 14 heteroatoms. The zero-order valence-corrected chi connectivity index (χ0v) is 22.7. The van der Waals surface area contributed by atoms with Gasteiger partial charge in [-0.1, -0.05) is 30.3 Å². The van der Waals surface area contributed by atoms with Gasteiger partial charge in [-0.3, -0.25) is 4.79 Å². The van der Waals surface area contributed by atoms with E-state index in [0.717, 1.165) is 53.4 Å². The van der Waals surface area contributed by atoms with Crippen LogP contribution in [0.2, 0.25) is 0 Å². The second-order valence-electron chi connectivity index (χ2n) is 8.43. The number of halogens is 4. The van der Waals surface area contributed by atoms with Gasteiger partial charge < -0.3 is 20.0 Å². The lowest BCUT2D eigenvalue weighted by Crippen LogP contribution is -2.39. The normalized spacial score (nSPS) is 14.4. The lowest BCUT2D eigenvalue weighted by molar-refractivity contribution is -0.138. The minimum absolute atomic E-state index is 0. The van der Waals surface area contributed by atoms with Crippen LogP contribution in [0.15, 0.2) is 48.5 Å². The van der Waals surface area contributed by atoms with Gasteiger partial charge in [-0.2, -0.15) is 13.2 Å². The van der Waals surface area contributed by atoms with Crippen molar-refractivity contribution < 1.29 is 37.8 Å². The molecule has 0 aliphatic carbocycles. The third-order valence-corrected chi connectivity index (χ3v) is 7.43. The van der Waals surface area contributed by atoms with E-state index in [4.69, 9.17) is 0 Å². The van der Waals surface area contributed by atoms with Gasteiger partial charge in [0.25, 0.3) is 0 Å². The Hall–Kier alpha value is -2.61. The summed E-state index contributed by atoms with van der Waals surface area (Å²) in [6.07, 6.45) is -3.11. The molecular weight excluding hydrogens is 567 g/mol. The lowest BCUT2D eigenvalue weighted by atomic mass is 10.0. The largest absolute Gasteiger partial charge is 0.472 e. The average molecular weight is 594 g/mol. The first-order valence-electron chi connectivity index (χ1n) is 11.3. The molecule has 0 radical (unpaired) electrons. The molecule has 1 saturated heterocycles. The van der Waals surface area contributed by atoms with E-state index >= 15 is 0 Å². The fourth-order valence-corrected chi connectivity index (χ4v) is 5.51. The molecule has 3 rings (SSSR count). The van der Waals surface area contributed by atoms with E-state index in [9.17, 15) is 37.8 Å². The van der Waals surface area contributed by atoms with Crippen LogP contribution in [0.3, 0.4) is 0 Å². The number of carbonyl (C=O) groups excluding carboxylic acids is 1. The molecule has 2 aromatic rings. The van der Waals surface area contributed by atoms with Crippen LogP contribution in [0.25, 0.3) is 0 Å². The third-order valence-electron chi connectivity index (χ3n) is 5.94. The number of likely N-dealkylation sites (N-methyl/N-ethyl adjacent to an activating group) is 1. The van der Waals surface area contributed by atoms with Crippen molar-refractivity contribution in [1.82, 2.24) is 9.80 Å². The van der Waals surface area contributed by atoms with Crippen LogP contribution < -0.4 is 3.71 Å². The zero-order chi connectivity index (χ0) is 27.2. The standard InChI is InChI=1S/C24H26F3N3O5S2.ClH/c1-28(20(15-29-11-5-6-12-29)16-7-3-2-4-8-16)21(31)14-17-13-18(24(25,26)27)9-10-19(17)30(36-22(32)33)37-23(34)35;/h2-4,7-10,13,20H,5-6,11-12,14-15H2,1H3,(H,32,33)(H,34,35);1H/t20-;/m1./s1. The third kappa shape index (κ3) is 8.72. The molecule has 0 spiro atoms. The van der Waals surface area contributed by atoms with E-state index in [2.05, 4.69) is 4.90 Å². The molecule has 208 valence electrons. The van der Waals surface area contributed by atoms with Gasteiger partial charge in [0.05, 0.1) is 47.6 Å². The number of hydrogen-bond acceptors (Lipinski definition) is 7. The lowest BCUT2D eigenvalue weighted by Gasteiger charge is -2.32. The maximum atomic E-state index is 13.5. The highest BCUT2D eigenvalue weighted by atomic mass is 35.5. The zero-order valence-electron chi connectivity index (χ0n) is 20.3. The molecule has 1 amide bonds. The molecular formula is C24H27ClF3N3O5S2. The van der Waals surface area contributed by atoms with Crippen molar-refractivity contribution in [1.29, 1.82) is 0 Å². The van der Waals surface area contributed by atoms with Crippen LogP contribution in [-0.4, -0.2) is 63.2 Å². The Bertz CT molecular complexity index is 1110. The number of amides is 1. The van der Waals surface area contributed by atoms with Crippen LogP contribution >= 0.6 is 36.3 Å². The van der Waals surface area contributed by atoms with E-state index in [0.29, 0.717) is 6.54 Å². The number of benzene rings is 2. The Morgan fingerprint density at radius 1 is 1.00 bits per heavy atom. The number of alkyl halides is 3. The molecule has 2 N–H and O–H groups in total. The minimum Gasteiger partial charge on any atom is -0.472 e. The molecule has 0 aromatic heterocycles. The Balaban J connectivity index is 0.00000507. The summed E-state index contributed by atoms with van der Waals surface area (Å²) in [6, 6.07) is 11.4. The fourth-order valence-electron chi connectivity index (χ4n) is 4.14. The number of anilines is 1. The molecule has 1 heterocycles. The van der Waals surface area contributed by atoms with Gasteiger partial charge in [0.2, 0.25) is 5.91 Å². The molecule has 38 heavy (non-hydrogen) atoms. The Kier molecular flexibility index (Phi) is 11.6. The van der Waals surface area contributed by atoms with Gasteiger partial charge in [-0.05, 0) is 55.3 Å². The molecule has 0 saturated carbocycles. The predicted molar refractivity (Wildman–Crippen MR) is 144 cm³/mol. The second-order valence-corrected chi connectivity index (χ2v) is 10.5. The Morgan fingerprint density at radius 2 is 1.58 bits per heavy atom. The van der Waals surface area contributed by atoms with Crippen LogP contribution in [0.5, 0.6) is 0 Å². The van der Waals surface area contributed by atoms with E-state index < -0.39 is 34.7 Å². The molecule has 0 unspecified atom stereocenters. The molecule has 1 aliphatic rings. The first-order chi connectivity index (χ1) is 17.5. The van der Waals surface area contributed by atoms with Gasteiger partial charge in [0.1, 0.15) is 0 Å². The van der Waals surface area contributed by atoms with Crippen molar-refractivity contribution in [2.24, 2.45) is 0 Å². The van der Waals surface area contributed by atoms with E-state index in [1.807, 2.05) is 30.3 Å². The molecule has 8 nitrogen and oxygen atoms in total. The van der Waals surface area contributed by atoms with E-state index in [-0.39, 0.29) is 53.6 Å². The summed E-state index contributed by atoms with van der Waals surface area (Å²) in [4.78, 5) is 39.8. The minimum atomic E-state index is -4.71. The quantitative estimate of drug-likeness (QED) is 0.319. The van der Waals surface area contributed by atoms with Crippen molar-refractivity contribution in [2.75, 3.05) is 30.4 Å².